The summed E-state index contributed by atoms with van der Waals surface area (Å²) in [5.41, 5.74) is 1.45. The van der Waals surface area contributed by atoms with Crippen molar-refractivity contribution in [2.45, 2.75) is 47.5 Å². The van der Waals surface area contributed by atoms with Crippen molar-refractivity contribution >= 4 is 5.91 Å². The van der Waals surface area contributed by atoms with Crippen molar-refractivity contribution in [2.24, 2.45) is 5.41 Å². The molecule has 1 aliphatic rings. The van der Waals surface area contributed by atoms with E-state index in [1.807, 2.05) is 4.90 Å². The second-order valence-electron chi connectivity index (χ2n) is 7.05. The molecule has 0 unspecified atom stereocenters. The minimum absolute atomic E-state index is 0.0884. The van der Waals surface area contributed by atoms with Crippen molar-refractivity contribution in [1.29, 1.82) is 0 Å². The van der Waals surface area contributed by atoms with Crippen LogP contribution in [-0.4, -0.2) is 48.4 Å². The van der Waals surface area contributed by atoms with Crippen LogP contribution in [0.25, 0.3) is 0 Å². The molecule has 3 nitrogen and oxygen atoms in total. The average molecular weight is 266 g/mol. The molecule has 0 aliphatic carbocycles. The maximum Gasteiger partial charge on any atom is 0.223 e. The maximum absolute atomic E-state index is 12.2. The van der Waals surface area contributed by atoms with E-state index in [4.69, 9.17) is 0 Å². The fraction of sp³-hybridized carbons (Fsp3) is 0.812. The Kier molecular flexibility index (Phi) is 6.05. The highest BCUT2D eigenvalue weighted by Crippen LogP contribution is 2.20. The molecule has 0 aromatic heterocycles. The number of hydrogen-bond donors (Lipinski definition) is 0. The number of nitrogens with zero attached hydrogens (tertiary/aromatic N) is 2. The number of carbonyl (C=O) groups excluding carboxylic acids is 1. The van der Waals surface area contributed by atoms with Gasteiger partial charge in [0.05, 0.1) is 0 Å². The Hall–Kier alpha value is -0.830. The lowest BCUT2D eigenvalue weighted by molar-refractivity contribution is -0.132. The fourth-order valence-corrected chi connectivity index (χ4v) is 2.28. The quantitative estimate of drug-likeness (QED) is 0.733. The van der Waals surface area contributed by atoms with Gasteiger partial charge in [0.15, 0.2) is 0 Å². The van der Waals surface area contributed by atoms with Gasteiger partial charge in [0.1, 0.15) is 0 Å². The van der Waals surface area contributed by atoms with Crippen LogP contribution in [0.4, 0.5) is 0 Å². The van der Waals surface area contributed by atoms with Crippen molar-refractivity contribution in [3.05, 3.63) is 11.6 Å². The zero-order valence-electron chi connectivity index (χ0n) is 13.3. The standard InChI is InChI=1S/C16H30N2O/c1-14(2)7-10-17-8-6-9-18(12-11-17)15(19)13-16(3,4)5/h7H,6,8-13H2,1-5H3. The van der Waals surface area contributed by atoms with Gasteiger partial charge in [0.2, 0.25) is 5.91 Å². The zero-order valence-corrected chi connectivity index (χ0v) is 13.3. The molecule has 0 atom stereocenters. The largest absolute Gasteiger partial charge is 0.341 e. The van der Waals surface area contributed by atoms with Gasteiger partial charge in [0.25, 0.3) is 0 Å². The highest BCUT2D eigenvalue weighted by atomic mass is 16.2. The second kappa shape index (κ2) is 7.09. The molecular formula is C16H30N2O. The Morgan fingerprint density at radius 1 is 1.11 bits per heavy atom. The molecule has 0 bridgehead atoms. The van der Waals surface area contributed by atoms with Crippen molar-refractivity contribution in [2.75, 3.05) is 32.7 Å². The molecule has 0 saturated carbocycles. The first-order chi connectivity index (χ1) is 8.78. The van der Waals surface area contributed by atoms with Gasteiger partial charge < -0.3 is 4.90 Å². The van der Waals surface area contributed by atoms with E-state index >= 15 is 0 Å². The molecule has 1 amide bonds. The predicted octanol–water partition coefficient (Wildman–Crippen LogP) is 2.92. The van der Waals surface area contributed by atoms with E-state index in [1.165, 1.54) is 5.57 Å². The SMILES string of the molecule is CC(C)=CCN1CCCN(C(=O)CC(C)(C)C)CC1. The molecule has 110 valence electrons. The maximum atomic E-state index is 12.2. The van der Waals surface area contributed by atoms with Gasteiger partial charge in [-0.2, -0.15) is 0 Å². The Labute approximate surface area is 118 Å². The normalized spacial score (nSPS) is 18.1. The van der Waals surface area contributed by atoms with Crippen LogP contribution in [0.5, 0.6) is 0 Å². The van der Waals surface area contributed by atoms with Crippen LogP contribution in [0, 0.1) is 5.41 Å². The monoisotopic (exact) mass is 266 g/mol. The molecule has 0 radical (unpaired) electrons. The summed E-state index contributed by atoms with van der Waals surface area (Å²) >= 11 is 0. The zero-order chi connectivity index (χ0) is 14.5. The first kappa shape index (κ1) is 16.2. The summed E-state index contributed by atoms with van der Waals surface area (Å²) in [6.07, 6.45) is 4.01. The molecule has 1 fully saturated rings. The lowest BCUT2D eigenvalue weighted by Gasteiger charge is -2.25. The number of rotatable bonds is 3. The third-order valence-electron chi connectivity index (χ3n) is 3.38. The molecule has 1 aliphatic heterocycles. The van der Waals surface area contributed by atoms with E-state index in [9.17, 15) is 4.79 Å². The van der Waals surface area contributed by atoms with Gasteiger partial charge in [-0.3, -0.25) is 9.69 Å². The van der Waals surface area contributed by atoms with Crippen molar-refractivity contribution in [3.8, 4) is 0 Å². The van der Waals surface area contributed by atoms with Crippen LogP contribution in [0.15, 0.2) is 11.6 Å². The third kappa shape index (κ3) is 6.76. The Morgan fingerprint density at radius 2 is 1.79 bits per heavy atom. The minimum atomic E-state index is 0.0884. The number of carbonyl (C=O) groups is 1. The van der Waals surface area contributed by atoms with Crippen LogP contribution in [-0.2, 0) is 4.79 Å². The van der Waals surface area contributed by atoms with Crippen molar-refractivity contribution in [1.82, 2.24) is 9.80 Å². The molecule has 19 heavy (non-hydrogen) atoms. The summed E-state index contributed by atoms with van der Waals surface area (Å²) in [5.74, 6) is 0.316. The number of allylic oxidation sites excluding steroid dienone is 1. The van der Waals surface area contributed by atoms with Gasteiger partial charge >= 0.3 is 0 Å². The Bertz CT molecular complexity index is 324. The van der Waals surface area contributed by atoms with E-state index in [0.29, 0.717) is 12.3 Å². The fourth-order valence-electron chi connectivity index (χ4n) is 2.28. The smallest absolute Gasteiger partial charge is 0.223 e. The summed E-state index contributed by atoms with van der Waals surface area (Å²) in [7, 11) is 0. The predicted molar refractivity (Wildman–Crippen MR) is 81.1 cm³/mol. The number of hydrogen-bond acceptors (Lipinski definition) is 2. The molecule has 0 spiro atoms. The number of amides is 1. The molecule has 1 heterocycles. The summed E-state index contributed by atoms with van der Waals surface area (Å²) in [6.45, 7) is 15.6. The molecule has 0 N–H and O–H groups in total. The van der Waals surface area contributed by atoms with Gasteiger partial charge in [-0.1, -0.05) is 32.4 Å². The van der Waals surface area contributed by atoms with Gasteiger partial charge in [0, 0.05) is 39.1 Å². The first-order valence-corrected chi connectivity index (χ1v) is 7.41. The van der Waals surface area contributed by atoms with Gasteiger partial charge in [-0.05, 0) is 25.7 Å². The molecule has 1 saturated heterocycles. The van der Waals surface area contributed by atoms with E-state index < -0.39 is 0 Å². The Morgan fingerprint density at radius 3 is 2.37 bits per heavy atom. The highest BCUT2D eigenvalue weighted by molar-refractivity contribution is 5.76. The van der Waals surface area contributed by atoms with Crippen LogP contribution in [0.1, 0.15) is 47.5 Å². The summed E-state index contributed by atoms with van der Waals surface area (Å²) in [6, 6.07) is 0. The summed E-state index contributed by atoms with van der Waals surface area (Å²) < 4.78 is 0. The summed E-state index contributed by atoms with van der Waals surface area (Å²) in [4.78, 5) is 16.7. The molecule has 0 aromatic rings. The molecule has 1 rings (SSSR count). The molecule has 0 aromatic carbocycles. The van der Waals surface area contributed by atoms with E-state index in [-0.39, 0.29) is 5.41 Å². The van der Waals surface area contributed by atoms with E-state index in [2.05, 4.69) is 45.6 Å². The van der Waals surface area contributed by atoms with Crippen LogP contribution >= 0.6 is 0 Å². The summed E-state index contributed by atoms with van der Waals surface area (Å²) in [5, 5.41) is 0. The van der Waals surface area contributed by atoms with Gasteiger partial charge in [-0.25, -0.2) is 0 Å². The molecular weight excluding hydrogens is 236 g/mol. The van der Waals surface area contributed by atoms with Gasteiger partial charge in [-0.15, -0.1) is 0 Å². The van der Waals surface area contributed by atoms with Crippen LogP contribution in [0.2, 0.25) is 0 Å². The molecule has 3 heteroatoms. The lowest BCUT2D eigenvalue weighted by Crippen LogP contribution is -2.36. The second-order valence-corrected chi connectivity index (χ2v) is 7.05. The topological polar surface area (TPSA) is 23.6 Å². The van der Waals surface area contributed by atoms with E-state index in [0.717, 1.165) is 39.1 Å². The van der Waals surface area contributed by atoms with Crippen LogP contribution in [0.3, 0.4) is 0 Å². The van der Waals surface area contributed by atoms with E-state index in [1.54, 1.807) is 0 Å². The minimum Gasteiger partial charge on any atom is -0.341 e. The first-order valence-electron chi connectivity index (χ1n) is 7.41. The Balaban J connectivity index is 2.45. The van der Waals surface area contributed by atoms with Crippen LogP contribution < -0.4 is 0 Å². The lowest BCUT2D eigenvalue weighted by atomic mass is 9.91. The third-order valence-corrected chi connectivity index (χ3v) is 3.38. The van der Waals surface area contributed by atoms with Crippen molar-refractivity contribution < 1.29 is 4.79 Å². The van der Waals surface area contributed by atoms with Crippen molar-refractivity contribution in [3.63, 3.8) is 0 Å². The highest BCUT2D eigenvalue weighted by Gasteiger charge is 2.23. The average Bonchev–Trinajstić information content (AvgIpc) is 2.49.